The van der Waals surface area contributed by atoms with Crippen LogP contribution in [0.3, 0.4) is 0 Å². The molecule has 4 aliphatic heterocycles. The number of rotatable bonds is 3. The van der Waals surface area contributed by atoms with Crippen LogP contribution in [0.4, 0.5) is 0 Å². The maximum Gasteiger partial charge on any atom is 0.262 e. The fourth-order valence-corrected chi connectivity index (χ4v) is 6.08. The molecule has 9 nitrogen and oxygen atoms in total. The van der Waals surface area contributed by atoms with Crippen molar-refractivity contribution < 1.29 is 19.2 Å². The van der Waals surface area contributed by atoms with Crippen LogP contribution in [0.25, 0.3) is 0 Å². The average molecular weight is 462 g/mol. The summed E-state index contributed by atoms with van der Waals surface area (Å²) in [6.07, 6.45) is 4.58. The van der Waals surface area contributed by atoms with Gasteiger partial charge in [-0.15, -0.1) is 0 Å². The van der Waals surface area contributed by atoms with E-state index >= 15 is 0 Å². The predicted octanol–water partition coefficient (Wildman–Crippen LogP) is 0.984. The normalized spacial score (nSPS) is 27.2. The number of fused-ring (bicyclic) bond motifs is 3. The van der Waals surface area contributed by atoms with Gasteiger partial charge in [-0.25, -0.2) is 0 Å². The molecule has 1 aromatic heterocycles. The third-order valence-electron chi connectivity index (χ3n) is 7.76. The van der Waals surface area contributed by atoms with E-state index in [0.717, 1.165) is 49.5 Å². The fraction of sp³-hybridized carbons (Fsp3) is 0.440. The van der Waals surface area contributed by atoms with Crippen LogP contribution >= 0.6 is 0 Å². The van der Waals surface area contributed by atoms with Crippen molar-refractivity contribution in [2.24, 2.45) is 0 Å². The molecule has 9 heteroatoms. The van der Waals surface area contributed by atoms with Crippen LogP contribution in [0.1, 0.15) is 57.7 Å². The molecule has 2 atom stereocenters. The second-order valence-corrected chi connectivity index (χ2v) is 9.65. The van der Waals surface area contributed by atoms with Crippen LogP contribution in [0.15, 0.2) is 36.5 Å². The van der Waals surface area contributed by atoms with Crippen molar-refractivity contribution in [3.63, 3.8) is 0 Å². The van der Waals surface area contributed by atoms with Crippen LogP contribution in [-0.4, -0.2) is 63.7 Å². The summed E-state index contributed by atoms with van der Waals surface area (Å²) in [7, 11) is 0. The Bertz CT molecular complexity index is 1210. The Kier molecular flexibility index (Phi) is 4.93. The summed E-state index contributed by atoms with van der Waals surface area (Å²) in [5.41, 5.74) is 2.85. The minimum atomic E-state index is -0.944. The number of hydrogen-bond donors (Lipinski definition) is 2. The maximum atomic E-state index is 13.2. The van der Waals surface area contributed by atoms with Gasteiger partial charge in [-0.05, 0) is 55.6 Å². The van der Waals surface area contributed by atoms with Gasteiger partial charge in [-0.1, -0.05) is 6.07 Å². The molecule has 0 saturated carbocycles. The van der Waals surface area contributed by atoms with E-state index < -0.39 is 23.8 Å². The molecule has 0 radical (unpaired) electrons. The van der Waals surface area contributed by atoms with Gasteiger partial charge in [0, 0.05) is 44.5 Å². The van der Waals surface area contributed by atoms with Gasteiger partial charge >= 0.3 is 0 Å². The highest BCUT2D eigenvalue weighted by Crippen LogP contribution is 2.39. The molecule has 4 amide bonds. The first kappa shape index (κ1) is 21.2. The molecule has 34 heavy (non-hydrogen) atoms. The molecule has 2 fully saturated rings. The Morgan fingerprint density at radius 2 is 1.88 bits per heavy atom. The lowest BCUT2D eigenvalue weighted by atomic mass is 9.83. The van der Waals surface area contributed by atoms with Gasteiger partial charge in [0.1, 0.15) is 6.04 Å². The lowest BCUT2D eigenvalue weighted by Crippen LogP contribution is -2.58. The zero-order valence-corrected chi connectivity index (χ0v) is 18.9. The van der Waals surface area contributed by atoms with E-state index in [0.29, 0.717) is 17.7 Å². The van der Waals surface area contributed by atoms with Crippen molar-refractivity contribution in [2.45, 2.75) is 50.4 Å². The molecule has 0 aliphatic carbocycles. The van der Waals surface area contributed by atoms with Crippen molar-refractivity contribution in [3.8, 4) is 0 Å². The summed E-state index contributed by atoms with van der Waals surface area (Å²) in [5.74, 6) is -1.89. The zero-order chi connectivity index (χ0) is 23.4. The number of carbonyl (C=O) groups excluding carboxylic acids is 4. The van der Waals surface area contributed by atoms with Crippen LogP contribution in [-0.2, 0) is 28.2 Å². The number of imide groups is 2. The highest BCUT2D eigenvalue weighted by molar-refractivity contribution is 6.23. The maximum absolute atomic E-state index is 13.2. The first-order valence-corrected chi connectivity index (χ1v) is 11.9. The second-order valence-electron chi connectivity index (χ2n) is 9.65. The van der Waals surface area contributed by atoms with Crippen molar-refractivity contribution >= 4 is 23.6 Å². The minimum absolute atomic E-state index is 0.0996. The molecule has 1 aromatic carbocycles. The number of carbonyl (C=O) groups is 4. The summed E-state index contributed by atoms with van der Waals surface area (Å²) in [5, 5.41) is 5.81. The fourth-order valence-electron chi connectivity index (χ4n) is 6.08. The molecule has 1 spiro atoms. The molecule has 2 N–H and O–H groups in total. The highest BCUT2D eigenvalue weighted by Gasteiger charge is 2.46. The predicted molar refractivity (Wildman–Crippen MR) is 122 cm³/mol. The molecule has 2 unspecified atom stereocenters. The third-order valence-corrected chi connectivity index (χ3v) is 7.76. The van der Waals surface area contributed by atoms with Gasteiger partial charge < -0.3 is 9.88 Å². The number of hydrogen-bond acceptors (Lipinski definition) is 6. The Labute approximate surface area is 197 Å². The number of piperidine rings is 2. The Morgan fingerprint density at radius 1 is 1.03 bits per heavy atom. The van der Waals surface area contributed by atoms with E-state index in [1.54, 1.807) is 12.1 Å². The first-order valence-electron chi connectivity index (χ1n) is 11.9. The molecule has 2 aromatic rings. The Hall–Kier alpha value is -3.30. The van der Waals surface area contributed by atoms with Gasteiger partial charge in [0.25, 0.3) is 11.8 Å². The summed E-state index contributed by atoms with van der Waals surface area (Å²) < 4.78 is 2.34. The van der Waals surface area contributed by atoms with E-state index in [1.807, 2.05) is 6.07 Å². The highest BCUT2D eigenvalue weighted by atomic mass is 16.2. The lowest BCUT2D eigenvalue weighted by Gasteiger charge is -2.50. The quantitative estimate of drug-likeness (QED) is 0.661. The molecule has 176 valence electrons. The SMILES string of the molecule is O=C1CCC(N2C(=O)c3ccc(CN4CCn5cccc5C45CCCNC5)cc3C2=O)C(=O)N1. The lowest BCUT2D eigenvalue weighted by molar-refractivity contribution is -0.136. The third kappa shape index (κ3) is 3.14. The van der Waals surface area contributed by atoms with Gasteiger partial charge in [-0.2, -0.15) is 0 Å². The van der Waals surface area contributed by atoms with Crippen molar-refractivity contribution in [1.82, 2.24) is 25.0 Å². The first-order chi connectivity index (χ1) is 16.5. The minimum Gasteiger partial charge on any atom is -0.348 e. The van der Waals surface area contributed by atoms with E-state index in [1.165, 1.54) is 5.69 Å². The monoisotopic (exact) mass is 461 g/mol. The summed E-state index contributed by atoms with van der Waals surface area (Å²) >= 11 is 0. The molecule has 0 bridgehead atoms. The van der Waals surface area contributed by atoms with Crippen LogP contribution in [0.2, 0.25) is 0 Å². The average Bonchev–Trinajstić information content (AvgIpc) is 3.41. The molecule has 2 saturated heterocycles. The van der Waals surface area contributed by atoms with Gasteiger partial charge in [0.05, 0.1) is 16.7 Å². The van der Waals surface area contributed by atoms with Crippen LogP contribution < -0.4 is 10.6 Å². The van der Waals surface area contributed by atoms with Gasteiger partial charge in [0.15, 0.2) is 0 Å². The van der Waals surface area contributed by atoms with Crippen molar-refractivity contribution in [1.29, 1.82) is 0 Å². The van der Waals surface area contributed by atoms with Gasteiger partial charge in [-0.3, -0.25) is 34.3 Å². The van der Waals surface area contributed by atoms with E-state index in [4.69, 9.17) is 0 Å². The summed E-state index contributed by atoms with van der Waals surface area (Å²) in [6, 6.07) is 8.80. The number of aromatic nitrogens is 1. The zero-order valence-electron chi connectivity index (χ0n) is 18.9. The number of nitrogens with one attached hydrogen (secondary N) is 2. The molecule has 6 rings (SSSR count). The van der Waals surface area contributed by atoms with E-state index in [2.05, 4.69) is 38.4 Å². The largest absolute Gasteiger partial charge is 0.348 e. The standard InChI is InChI=1S/C25H27N5O4/c31-21-7-6-19(22(32)27-21)30-23(33)17-5-4-16(13-18(17)24(30)34)14-29-12-11-28-10-1-3-20(28)25(29)8-2-9-26-15-25/h1,3-5,10,13,19,26H,2,6-9,11-12,14-15H2,(H,27,31,32). The van der Waals surface area contributed by atoms with Crippen molar-refractivity contribution in [2.75, 3.05) is 19.6 Å². The van der Waals surface area contributed by atoms with Crippen LogP contribution in [0, 0.1) is 0 Å². The molecular formula is C25H27N5O4. The number of benzene rings is 1. The number of nitrogens with zero attached hydrogens (tertiary/aromatic N) is 3. The smallest absolute Gasteiger partial charge is 0.262 e. The molecule has 5 heterocycles. The topological polar surface area (TPSA) is 104 Å². The number of amides is 4. The van der Waals surface area contributed by atoms with E-state index in [-0.39, 0.29) is 24.3 Å². The molecule has 4 aliphatic rings. The molecular weight excluding hydrogens is 434 g/mol. The van der Waals surface area contributed by atoms with Gasteiger partial charge in [0.2, 0.25) is 11.8 Å². The van der Waals surface area contributed by atoms with Crippen LogP contribution in [0.5, 0.6) is 0 Å². The Balaban J connectivity index is 1.28. The second kappa shape index (κ2) is 7.89. The van der Waals surface area contributed by atoms with E-state index in [9.17, 15) is 19.2 Å². The Morgan fingerprint density at radius 3 is 2.68 bits per heavy atom. The summed E-state index contributed by atoms with van der Waals surface area (Å²) in [4.78, 5) is 53.6. The van der Waals surface area contributed by atoms with Crippen molar-refractivity contribution in [3.05, 3.63) is 58.9 Å². The summed E-state index contributed by atoms with van der Waals surface area (Å²) in [6.45, 7) is 4.37.